The SMILES string of the molecule is CC1(C)[C@@H](O[Si](C)(C)C(C)(C)C)CC[C@]2(C)C(=O)CCC[C@@H]12. The van der Waals surface area contributed by atoms with E-state index in [-0.39, 0.29) is 15.9 Å². The van der Waals surface area contributed by atoms with Crippen LogP contribution in [0.15, 0.2) is 0 Å². The summed E-state index contributed by atoms with van der Waals surface area (Å²) in [5.74, 6) is 0.979. The molecule has 0 amide bonds. The van der Waals surface area contributed by atoms with E-state index in [1.165, 1.54) is 6.42 Å². The molecule has 0 spiro atoms. The van der Waals surface area contributed by atoms with Crippen LogP contribution in [0.5, 0.6) is 0 Å². The Labute approximate surface area is 138 Å². The van der Waals surface area contributed by atoms with Crippen molar-refractivity contribution in [2.24, 2.45) is 16.7 Å². The van der Waals surface area contributed by atoms with Gasteiger partial charge in [-0.2, -0.15) is 0 Å². The molecule has 0 saturated heterocycles. The fraction of sp³-hybridized carbons (Fsp3) is 0.947. The molecule has 2 saturated carbocycles. The van der Waals surface area contributed by atoms with Gasteiger partial charge in [0.2, 0.25) is 0 Å². The zero-order chi connectivity index (χ0) is 17.0. The molecular formula is C19H36O2Si. The van der Waals surface area contributed by atoms with Crippen molar-refractivity contribution < 1.29 is 9.22 Å². The van der Waals surface area contributed by atoms with Crippen LogP contribution in [-0.4, -0.2) is 20.2 Å². The van der Waals surface area contributed by atoms with Gasteiger partial charge in [0, 0.05) is 11.8 Å². The van der Waals surface area contributed by atoms with Crippen molar-refractivity contribution >= 4 is 14.1 Å². The molecule has 2 fully saturated rings. The fourth-order valence-corrected chi connectivity index (χ4v) is 6.03. The number of carbonyl (C=O) groups excluding carboxylic acids is 1. The van der Waals surface area contributed by atoms with Crippen LogP contribution in [0.2, 0.25) is 18.1 Å². The van der Waals surface area contributed by atoms with Gasteiger partial charge in [-0.15, -0.1) is 0 Å². The molecule has 0 heterocycles. The zero-order valence-electron chi connectivity index (χ0n) is 16.0. The lowest BCUT2D eigenvalue weighted by Gasteiger charge is -2.57. The van der Waals surface area contributed by atoms with Crippen LogP contribution in [0.25, 0.3) is 0 Å². The summed E-state index contributed by atoms with van der Waals surface area (Å²) in [5, 5.41) is 0.242. The van der Waals surface area contributed by atoms with E-state index in [2.05, 4.69) is 54.6 Å². The largest absolute Gasteiger partial charge is 0.413 e. The van der Waals surface area contributed by atoms with Crippen LogP contribution in [0, 0.1) is 16.7 Å². The molecule has 2 rings (SSSR count). The third-order valence-corrected chi connectivity index (χ3v) is 11.7. The first-order valence-electron chi connectivity index (χ1n) is 9.03. The van der Waals surface area contributed by atoms with E-state index in [0.717, 1.165) is 25.7 Å². The maximum absolute atomic E-state index is 12.6. The molecule has 0 N–H and O–H groups in total. The molecule has 0 aromatic carbocycles. The second-order valence-electron chi connectivity index (χ2n) is 10.0. The quantitative estimate of drug-likeness (QED) is 0.620. The summed E-state index contributed by atoms with van der Waals surface area (Å²) in [6, 6.07) is 0. The summed E-state index contributed by atoms with van der Waals surface area (Å²) in [6.07, 6.45) is 5.40. The topological polar surface area (TPSA) is 26.3 Å². The van der Waals surface area contributed by atoms with Crippen LogP contribution in [-0.2, 0) is 9.22 Å². The van der Waals surface area contributed by atoms with Gasteiger partial charge in [0.25, 0.3) is 0 Å². The molecule has 2 nitrogen and oxygen atoms in total. The Morgan fingerprint density at radius 1 is 1.14 bits per heavy atom. The Hall–Kier alpha value is -0.153. The van der Waals surface area contributed by atoms with Gasteiger partial charge in [0.1, 0.15) is 5.78 Å². The highest BCUT2D eigenvalue weighted by atomic mass is 28.4. The Bertz CT molecular complexity index is 447. The number of ketones is 1. The van der Waals surface area contributed by atoms with Crippen molar-refractivity contribution in [1.29, 1.82) is 0 Å². The Morgan fingerprint density at radius 2 is 1.73 bits per heavy atom. The van der Waals surface area contributed by atoms with E-state index >= 15 is 0 Å². The minimum atomic E-state index is -1.76. The first-order chi connectivity index (χ1) is 9.82. The molecule has 3 atom stereocenters. The normalized spacial score (nSPS) is 36.1. The van der Waals surface area contributed by atoms with Gasteiger partial charge in [0.15, 0.2) is 8.32 Å². The predicted molar refractivity (Wildman–Crippen MR) is 95.5 cm³/mol. The molecule has 2 aliphatic carbocycles. The average molecular weight is 325 g/mol. The van der Waals surface area contributed by atoms with Crippen LogP contribution in [0.4, 0.5) is 0 Å². The third-order valence-electron chi connectivity index (χ3n) is 7.20. The number of carbonyl (C=O) groups is 1. The van der Waals surface area contributed by atoms with E-state index in [1.807, 2.05) is 0 Å². The monoisotopic (exact) mass is 324 g/mol. The van der Waals surface area contributed by atoms with Crippen molar-refractivity contribution in [2.45, 2.75) is 97.9 Å². The highest BCUT2D eigenvalue weighted by Crippen LogP contribution is 2.57. The van der Waals surface area contributed by atoms with E-state index < -0.39 is 8.32 Å². The van der Waals surface area contributed by atoms with Gasteiger partial charge in [-0.05, 0) is 55.1 Å². The minimum absolute atomic E-state index is 0.0958. The molecule has 128 valence electrons. The van der Waals surface area contributed by atoms with Gasteiger partial charge in [0.05, 0.1) is 6.10 Å². The predicted octanol–water partition coefficient (Wildman–Crippen LogP) is 5.57. The maximum Gasteiger partial charge on any atom is 0.192 e. The lowest BCUT2D eigenvalue weighted by molar-refractivity contribution is -0.152. The van der Waals surface area contributed by atoms with Crippen molar-refractivity contribution in [1.82, 2.24) is 0 Å². The van der Waals surface area contributed by atoms with Crippen molar-refractivity contribution in [3.63, 3.8) is 0 Å². The lowest BCUT2D eigenvalue weighted by atomic mass is 9.50. The molecule has 0 aromatic rings. The molecule has 0 radical (unpaired) electrons. The molecule has 0 aromatic heterocycles. The lowest BCUT2D eigenvalue weighted by Crippen LogP contribution is -2.58. The fourth-order valence-electron chi connectivity index (χ4n) is 4.54. The molecule has 0 aliphatic heterocycles. The summed E-state index contributed by atoms with van der Waals surface area (Å²) in [6.45, 7) is 18.6. The second kappa shape index (κ2) is 5.44. The maximum atomic E-state index is 12.6. The first kappa shape index (κ1) is 18.2. The van der Waals surface area contributed by atoms with Crippen molar-refractivity contribution in [3.8, 4) is 0 Å². The average Bonchev–Trinajstić information content (AvgIpc) is 2.34. The third kappa shape index (κ3) is 2.84. The molecule has 0 bridgehead atoms. The molecule has 2 aliphatic rings. The van der Waals surface area contributed by atoms with E-state index in [1.54, 1.807) is 0 Å². The van der Waals surface area contributed by atoms with E-state index in [9.17, 15) is 4.79 Å². The van der Waals surface area contributed by atoms with Gasteiger partial charge in [-0.1, -0.05) is 41.5 Å². The summed E-state index contributed by atoms with van der Waals surface area (Å²) in [4.78, 5) is 12.6. The number of rotatable bonds is 2. The Balaban J connectivity index is 2.25. The summed E-state index contributed by atoms with van der Waals surface area (Å²) in [7, 11) is -1.76. The van der Waals surface area contributed by atoms with Crippen LogP contribution < -0.4 is 0 Å². The van der Waals surface area contributed by atoms with E-state index in [0.29, 0.717) is 17.8 Å². The molecule has 3 heteroatoms. The zero-order valence-corrected chi connectivity index (χ0v) is 17.0. The second-order valence-corrected chi connectivity index (χ2v) is 14.8. The minimum Gasteiger partial charge on any atom is -0.413 e. The summed E-state index contributed by atoms with van der Waals surface area (Å²) >= 11 is 0. The number of fused-ring (bicyclic) bond motifs is 1. The molecular weight excluding hydrogens is 288 g/mol. The highest BCUT2D eigenvalue weighted by molar-refractivity contribution is 6.74. The standard InChI is InChI=1S/C19H36O2Si/c1-17(2,3)22(7,8)21-16-12-13-19(6)14(18(16,4)5)10-9-11-15(19)20/h14,16H,9-13H2,1-8H3/t14-,16-,19-/m0/s1. The van der Waals surface area contributed by atoms with Gasteiger partial charge >= 0.3 is 0 Å². The first-order valence-corrected chi connectivity index (χ1v) is 11.9. The van der Waals surface area contributed by atoms with Crippen LogP contribution in [0.1, 0.15) is 73.6 Å². The number of hydrogen-bond acceptors (Lipinski definition) is 2. The molecule has 22 heavy (non-hydrogen) atoms. The summed E-state index contributed by atoms with van der Waals surface area (Å²) in [5.41, 5.74) is -0.00631. The molecule has 0 unspecified atom stereocenters. The van der Waals surface area contributed by atoms with Crippen molar-refractivity contribution in [3.05, 3.63) is 0 Å². The van der Waals surface area contributed by atoms with Crippen LogP contribution in [0.3, 0.4) is 0 Å². The van der Waals surface area contributed by atoms with E-state index in [4.69, 9.17) is 4.43 Å². The van der Waals surface area contributed by atoms with Gasteiger partial charge in [-0.3, -0.25) is 4.79 Å². The summed E-state index contributed by atoms with van der Waals surface area (Å²) < 4.78 is 6.82. The Kier molecular flexibility index (Phi) is 4.50. The number of Topliss-reactive ketones (excluding diaryl/α,β-unsaturated/α-hetero) is 1. The van der Waals surface area contributed by atoms with Crippen LogP contribution >= 0.6 is 0 Å². The Morgan fingerprint density at radius 3 is 2.27 bits per heavy atom. The highest BCUT2D eigenvalue weighted by Gasteiger charge is 2.57. The number of hydrogen-bond donors (Lipinski definition) is 0. The van der Waals surface area contributed by atoms with Gasteiger partial charge < -0.3 is 4.43 Å². The smallest absolute Gasteiger partial charge is 0.192 e. The van der Waals surface area contributed by atoms with Gasteiger partial charge in [-0.25, -0.2) is 0 Å². The van der Waals surface area contributed by atoms with Crippen molar-refractivity contribution in [2.75, 3.05) is 0 Å².